The maximum atomic E-state index is 11.6. The van der Waals surface area contributed by atoms with Gasteiger partial charge in [-0.05, 0) is 19.9 Å². The van der Waals surface area contributed by atoms with Gasteiger partial charge in [-0.2, -0.15) is 5.26 Å². The number of amides is 1. The lowest BCUT2D eigenvalue weighted by atomic mass is 10.1. The van der Waals surface area contributed by atoms with E-state index >= 15 is 0 Å². The Balaban J connectivity index is 2.72. The molecule has 6 heteroatoms. The molecule has 0 unspecified atom stereocenters. The van der Waals surface area contributed by atoms with E-state index in [0.717, 1.165) is 0 Å². The fourth-order valence-electron chi connectivity index (χ4n) is 1.51. The van der Waals surface area contributed by atoms with Gasteiger partial charge in [0.1, 0.15) is 0 Å². The maximum Gasteiger partial charge on any atom is 0.265 e. The number of hydrogen-bond donors (Lipinski definition) is 1. The Morgan fingerprint density at radius 2 is 2.31 bits per heavy atom. The third-order valence-electron chi connectivity index (χ3n) is 2.16. The Labute approximate surface area is 90.9 Å². The smallest absolute Gasteiger partial charge is 0.265 e. The molecule has 0 fully saturated rings. The zero-order chi connectivity index (χ0) is 11.7. The Morgan fingerprint density at radius 3 is 3.00 bits per heavy atom. The first kappa shape index (κ1) is 10.1. The highest BCUT2D eigenvalue weighted by Crippen LogP contribution is 2.21. The van der Waals surface area contributed by atoms with Crippen LogP contribution in [0.2, 0.25) is 0 Å². The molecule has 0 aromatic carbocycles. The number of aromatic nitrogens is 2. The molecule has 80 valence electrons. The molecule has 0 saturated carbocycles. The van der Waals surface area contributed by atoms with Crippen molar-refractivity contribution in [2.75, 3.05) is 0 Å². The number of aryl methyl sites for hydroxylation is 2. The normalized spacial score (nSPS) is 10.1. The van der Waals surface area contributed by atoms with Gasteiger partial charge in [-0.1, -0.05) is 5.16 Å². The van der Waals surface area contributed by atoms with Crippen molar-refractivity contribution in [3.05, 3.63) is 23.0 Å². The van der Waals surface area contributed by atoms with E-state index in [9.17, 15) is 4.79 Å². The molecule has 2 rings (SSSR count). The molecule has 0 bridgehead atoms. The highest BCUT2D eigenvalue weighted by Gasteiger charge is 2.17. The van der Waals surface area contributed by atoms with E-state index in [-0.39, 0.29) is 0 Å². The maximum absolute atomic E-state index is 11.6. The Bertz CT molecular complexity index is 609. The van der Waals surface area contributed by atoms with Crippen molar-refractivity contribution < 1.29 is 9.32 Å². The third kappa shape index (κ3) is 1.48. The van der Waals surface area contributed by atoms with Crippen molar-refractivity contribution >= 4 is 17.0 Å². The van der Waals surface area contributed by atoms with Crippen LogP contribution in [0, 0.1) is 25.3 Å². The summed E-state index contributed by atoms with van der Waals surface area (Å²) in [6, 6.07) is 1.60. The van der Waals surface area contributed by atoms with Gasteiger partial charge < -0.3 is 4.52 Å². The highest BCUT2D eigenvalue weighted by molar-refractivity contribution is 6.06. The number of rotatable bonds is 1. The summed E-state index contributed by atoms with van der Waals surface area (Å²) in [5.41, 5.74) is 1.86. The van der Waals surface area contributed by atoms with E-state index in [4.69, 9.17) is 9.78 Å². The molecule has 6 nitrogen and oxygen atoms in total. The van der Waals surface area contributed by atoms with Crippen LogP contribution in [0.25, 0.3) is 11.1 Å². The summed E-state index contributed by atoms with van der Waals surface area (Å²) in [6.07, 6.45) is 1.59. The minimum atomic E-state index is -0.482. The summed E-state index contributed by atoms with van der Waals surface area (Å²) in [7, 11) is 0. The molecular formula is C10H8N4O2. The van der Waals surface area contributed by atoms with Gasteiger partial charge in [0, 0.05) is 5.69 Å². The lowest BCUT2D eigenvalue weighted by Gasteiger charge is -2.00. The van der Waals surface area contributed by atoms with Crippen LogP contribution in [0.15, 0.2) is 10.6 Å². The monoisotopic (exact) mass is 216 g/mol. The molecule has 0 spiro atoms. The van der Waals surface area contributed by atoms with Crippen molar-refractivity contribution in [2.45, 2.75) is 13.8 Å². The Morgan fingerprint density at radius 1 is 1.56 bits per heavy atom. The number of nitriles is 1. The first-order valence-electron chi connectivity index (χ1n) is 4.56. The Kier molecular flexibility index (Phi) is 2.29. The molecular weight excluding hydrogens is 208 g/mol. The second kappa shape index (κ2) is 3.62. The summed E-state index contributed by atoms with van der Waals surface area (Å²) in [5, 5.41) is 14.8. The van der Waals surface area contributed by atoms with Crippen LogP contribution in [0.5, 0.6) is 0 Å². The number of hydrogen-bond acceptors (Lipinski definition) is 5. The summed E-state index contributed by atoms with van der Waals surface area (Å²) < 4.78 is 4.97. The fourth-order valence-corrected chi connectivity index (χ4v) is 1.51. The number of fused-ring (bicyclic) bond motifs is 1. The molecule has 0 aliphatic heterocycles. The van der Waals surface area contributed by atoms with E-state index in [2.05, 4.69) is 15.5 Å². The van der Waals surface area contributed by atoms with Gasteiger partial charge in [-0.3, -0.25) is 10.1 Å². The van der Waals surface area contributed by atoms with Crippen LogP contribution in [0.1, 0.15) is 21.7 Å². The molecule has 0 atom stereocenters. The molecule has 2 aromatic heterocycles. The van der Waals surface area contributed by atoms with Crippen molar-refractivity contribution in [1.82, 2.24) is 15.5 Å². The fraction of sp³-hybridized carbons (Fsp3) is 0.200. The third-order valence-corrected chi connectivity index (χ3v) is 2.16. The molecule has 2 aromatic rings. The van der Waals surface area contributed by atoms with E-state index in [1.54, 1.807) is 26.1 Å². The molecule has 1 amide bonds. The van der Waals surface area contributed by atoms with Gasteiger partial charge in [0.05, 0.1) is 16.6 Å². The van der Waals surface area contributed by atoms with E-state index in [1.807, 2.05) is 0 Å². The van der Waals surface area contributed by atoms with Crippen LogP contribution in [-0.4, -0.2) is 16.0 Å². The van der Waals surface area contributed by atoms with Crippen LogP contribution in [0.4, 0.5) is 0 Å². The largest absolute Gasteiger partial charge is 0.336 e. The number of carbonyl (C=O) groups is 1. The lowest BCUT2D eigenvalue weighted by Crippen LogP contribution is -2.18. The first-order valence-corrected chi connectivity index (χ1v) is 4.56. The van der Waals surface area contributed by atoms with Crippen molar-refractivity contribution in [1.29, 1.82) is 5.26 Å². The lowest BCUT2D eigenvalue weighted by molar-refractivity contribution is 0.0974. The van der Waals surface area contributed by atoms with E-state index < -0.39 is 5.91 Å². The zero-order valence-corrected chi connectivity index (χ0v) is 8.74. The number of pyridine rings is 1. The standard InChI is InChI=1S/C10H8N4O2/c1-5-3-7(9(15)12-4-11)8-6(2)14-16-10(8)13-5/h3H,1-2H3,(H,12,15). The van der Waals surface area contributed by atoms with Gasteiger partial charge in [0.15, 0.2) is 6.19 Å². The molecule has 0 aliphatic rings. The number of nitrogens with one attached hydrogen (secondary N) is 1. The molecule has 16 heavy (non-hydrogen) atoms. The summed E-state index contributed by atoms with van der Waals surface area (Å²) >= 11 is 0. The van der Waals surface area contributed by atoms with Gasteiger partial charge in [0.25, 0.3) is 11.6 Å². The topological polar surface area (TPSA) is 91.8 Å². The molecule has 0 radical (unpaired) electrons. The summed E-state index contributed by atoms with van der Waals surface area (Å²) in [4.78, 5) is 15.7. The minimum absolute atomic E-state index is 0.306. The van der Waals surface area contributed by atoms with Gasteiger partial charge in [0.2, 0.25) is 0 Å². The van der Waals surface area contributed by atoms with Gasteiger partial charge in [-0.15, -0.1) is 0 Å². The second-order valence-corrected chi connectivity index (χ2v) is 3.33. The number of carbonyl (C=O) groups excluding carboxylic acids is 1. The average molecular weight is 216 g/mol. The predicted molar refractivity (Wildman–Crippen MR) is 54.4 cm³/mol. The van der Waals surface area contributed by atoms with Crippen LogP contribution in [0.3, 0.4) is 0 Å². The van der Waals surface area contributed by atoms with Crippen LogP contribution < -0.4 is 5.32 Å². The van der Waals surface area contributed by atoms with Crippen LogP contribution in [-0.2, 0) is 0 Å². The second-order valence-electron chi connectivity index (χ2n) is 3.33. The first-order chi connectivity index (χ1) is 7.63. The van der Waals surface area contributed by atoms with Crippen molar-refractivity contribution in [3.8, 4) is 6.19 Å². The predicted octanol–water partition coefficient (Wildman–Crippen LogP) is 1.05. The quantitative estimate of drug-likeness (QED) is 0.568. The SMILES string of the molecule is Cc1cc(C(=O)NC#N)c2c(C)noc2n1. The molecule has 0 aliphatic carbocycles. The van der Waals surface area contributed by atoms with Crippen molar-refractivity contribution in [3.63, 3.8) is 0 Å². The van der Waals surface area contributed by atoms with E-state index in [1.165, 1.54) is 0 Å². The minimum Gasteiger partial charge on any atom is -0.336 e. The van der Waals surface area contributed by atoms with Gasteiger partial charge in [-0.25, -0.2) is 4.98 Å². The summed E-state index contributed by atoms with van der Waals surface area (Å²) in [5.74, 6) is -0.482. The average Bonchev–Trinajstić information content (AvgIpc) is 2.59. The molecule has 1 N–H and O–H groups in total. The molecule has 0 saturated heterocycles. The van der Waals surface area contributed by atoms with Gasteiger partial charge >= 0.3 is 0 Å². The zero-order valence-electron chi connectivity index (χ0n) is 8.74. The van der Waals surface area contributed by atoms with E-state index in [0.29, 0.717) is 28.1 Å². The number of nitrogens with zero attached hydrogens (tertiary/aromatic N) is 3. The van der Waals surface area contributed by atoms with Crippen LogP contribution >= 0.6 is 0 Å². The van der Waals surface area contributed by atoms with Crippen molar-refractivity contribution in [2.24, 2.45) is 0 Å². The summed E-state index contributed by atoms with van der Waals surface area (Å²) in [6.45, 7) is 3.45. The molecule has 2 heterocycles. The highest BCUT2D eigenvalue weighted by atomic mass is 16.5. The Hall–Kier alpha value is -2.42.